The van der Waals surface area contributed by atoms with Crippen molar-refractivity contribution in [3.8, 4) is 5.75 Å². The average molecular weight is 343 g/mol. The van der Waals surface area contributed by atoms with E-state index < -0.39 is 5.54 Å². The molecular formula is C19H25N3O3. The molecule has 0 unspecified atom stereocenters. The number of hydrogen-bond acceptors (Lipinski definition) is 5. The maximum absolute atomic E-state index is 12.4. The number of nitrogens with one attached hydrogen (secondary N) is 1. The van der Waals surface area contributed by atoms with E-state index in [1.54, 1.807) is 6.92 Å². The molecule has 3 rings (SSSR count). The zero-order chi connectivity index (χ0) is 17.9. The summed E-state index contributed by atoms with van der Waals surface area (Å²) in [6, 6.07) is 6.07. The van der Waals surface area contributed by atoms with Crippen molar-refractivity contribution in [3.63, 3.8) is 0 Å². The molecule has 134 valence electrons. The summed E-state index contributed by atoms with van der Waals surface area (Å²) < 4.78 is 10.9. The molecule has 1 amide bonds. The van der Waals surface area contributed by atoms with Gasteiger partial charge in [0.15, 0.2) is 5.82 Å². The molecule has 0 atom stereocenters. The Hall–Kier alpha value is -2.37. The van der Waals surface area contributed by atoms with Crippen molar-refractivity contribution in [2.45, 2.75) is 58.4 Å². The van der Waals surface area contributed by atoms with E-state index >= 15 is 0 Å². The predicted molar refractivity (Wildman–Crippen MR) is 93.4 cm³/mol. The molecule has 1 aromatic carbocycles. The number of benzene rings is 1. The van der Waals surface area contributed by atoms with Crippen molar-refractivity contribution < 1.29 is 14.1 Å². The highest BCUT2D eigenvalue weighted by molar-refractivity contribution is 5.77. The van der Waals surface area contributed by atoms with Gasteiger partial charge in [-0.1, -0.05) is 30.1 Å². The molecule has 0 aliphatic heterocycles. The molecular weight excluding hydrogens is 318 g/mol. The zero-order valence-electron chi connectivity index (χ0n) is 15.1. The Morgan fingerprint density at radius 3 is 2.72 bits per heavy atom. The number of ether oxygens (including phenoxy) is 1. The van der Waals surface area contributed by atoms with E-state index in [4.69, 9.17) is 9.26 Å². The van der Waals surface area contributed by atoms with Crippen LogP contribution in [0.5, 0.6) is 5.75 Å². The van der Waals surface area contributed by atoms with Gasteiger partial charge in [0.05, 0.1) is 13.0 Å². The van der Waals surface area contributed by atoms with Gasteiger partial charge in [-0.05, 0) is 43.9 Å². The fraction of sp³-hybridized carbons (Fsp3) is 0.526. The van der Waals surface area contributed by atoms with Gasteiger partial charge in [-0.25, -0.2) is 0 Å². The Morgan fingerprint density at radius 2 is 2.04 bits per heavy atom. The third-order valence-electron chi connectivity index (χ3n) is 4.72. The molecule has 1 aliphatic rings. The Bertz CT molecular complexity index is 748. The molecule has 1 saturated carbocycles. The lowest BCUT2D eigenvalue weighted by molar-refractivity contribution is -0.123. The standard InChI is InChI=1S/C19H25N3O3/c1-13-6-7-14(2)16(12-13)24-11-8-17(23)21-19(9-4-5-10-19)18-20-15(3)25-22-18/h6-7,12H,4-5,8-11H2,1-3H3,(H,21,23). The quantitative estimate of drug-likeness (QED) is 0.870. The van der Waals surface area contributed by atoms with E-state index in [2.05, 4.69) is 15.5 Å². The number of amides is 1. The van der Waals surface area contributed by atoms with E-state index in [1.807, 2.05) is 32.0 Å². The SMILES string of the molecule is Cc1ccc(C)c(OCCC(=O)NC2(c3noc(C)n3)CCCC2)c1. The molecule has 1 fully saturated rings. The minimum absolute atomic E-state index is 0.0466. The topological polar surface area (TPSA) is 77.2 Å². The second kappa shape index (κ2) is 7.25. The first kappa shape index (κ1) is 17.5. The van der Waals surface area contributed by atoms with Crippen molar-refractivity contribution >= 4 is 5.91 Å². The van der Waals surface area contributed by atoms with E-state index in [0.717, 1.165) is 42.6 Å². The zero-order valence-corrected chi connectivity index (χ0v) is 15.1. The van der Waals surface area contributed by atoms with Gasteiger partial charge in [0.25, 0.3) is 0 Å². The van der Waals surface area contributed by atoms with Crippen molar-refractivity contribution in [3.05, 3.63) is 41.0 Å². The first-order valence-corrected chi connectivity index (χ1v) is 8.80. The fourth-order valence-corrected chi connectivity index (χ4v) is 3.32. The smallest absolute Gasteiger partial charge is 0.224 e. The fourth-order valence-electron chi connectivity index (χ4n) is 3.32. The maximum Gasteiger partial charge on any atom is 0.224 e. The number of nitrogens with zero attached hydrogens (tertiary/aromatic N) is 2. The lowest BCUT2D eigenvalue weighted by atomic mass is 9.96. The first-order chi connectivity index (χ1) is 12.0. The van der Waals surface area contributed by atoms with Crippen LogP contribution in [0.4, 0.5) is 0 Å². The van der Waals surface area contributed by atoms with E-state index in [9.17, 15) is 4.79 Å². The largest absolute Gasteiger partial charge is 0.493 e. The van der Waals surface area contributed by atoms with Crippen LogP contribution in [-0.4, -0.2) is 22.7 Å². The van der Waals surface area contributed by atoms with Crippen LogP contribution in [0.2, 0.25) is 0 Å². The molecule has 1 aliphatic carbocycles. The van der Waals surface area contributed by atoms with Crippen LogP contribution in [0.15, 0.2) is 22.7 Å². The number of hydrogen-bond donors (Lipinski definition) is 1. The van der Waals surface area contributed by atoms with Crippen LogP contribution in [-0.2, 0) is 10.3 Å². The summed E-state index contributed by atoms with van der Waals surface area (Å²) in [6.45, 7) is 6.13. The van der Waals surface area contributed by atoms with E-state index in [0.29, 0.717) is 24.7 Å². The number of rotatable bonds is 6. The van der Waals surface area contributed by atoms with Gasteiger partial charge in [-0.2, -0.15) is 4.98 Å². The molecule has 1 aromatic heterocycles. The van der Waals surface area contributed by atoms with Crippen molar-refractivity contribution in [1.82, 2.24) is 15.5 Å². The Balaban J connectivity index is 1.58. The van der Waals surface area contributed by atoms with Crippen LogP contribution in [0.1, 0.15) is 54.9 Å². The third-order valence-corrected chi connectivity index (χ3v) is 4.72. The summed E-state index contributed by atoms with van der Waals surface area (Å²) in [5.74, 6) is 1.90. The summed E-state index contributed by atoms with van der Waals surface area (Å²) in [6.07, 6.45) is 4.08. The molecule has 0 radical (unpaired) electrons. The van der Waals surface area contributed by atoms with Gasteiger partial charge in [0.1, 0.15) is 11.3 Å². The minimum atomic E-state index is -0.492. The normalized spacial score (nSPS) is 16.0. The molecule has 6 nitrogen and oxygen atoms in total. The Morgan fingerprint density at radius 1 is 1.28 bits per heavy atom. The Labute approximate surface area is 148 Å². The molecule has 25 heavy (non-hydrogen) atoms. The lowest BCUT2D eigenvalue weighted by Gasteiger charge is -2.26. The van der Waals surface area contributed by atoms with Crippen LogP contribution < -0.4 is 10.1 Å². The lowest BCUT2D eigenvalue weighted by Crippen LogP contribution is -2.45. The van der Waals surface area contributed by atoms with Crippen LogP contribution in [0, 0.1) is 20.8 Å². The van der Waals surface area contributed by atoms with Gasteiger partial charge < -0.3 is 14.6 Å². The number of aromatic nitrogens is 2. The summed E-state index contributed by atoms with van der Waals surface area (Å²) in [7, 11) is 0. The van der Waals surface area contributed by atoms with Crippen molar-refractivity contribution in [2.24, 2.45) is 0 Å². The monoisotopic (exact) mass is 343 g/mol. The van der Waals surface area contributed by atoms with Crippen LogP contribution in [0.25, 0.3) is 0 Å². The van der Waals surface area contributed by atoms with Crippen LogP contribution in [0.3, 0.4) is 0 Å². The summed E-state index contributed by atoms with van der Waals surface area (Å²) in [5.41, 5.74) is 1.72. The maximum atomic E-state index is 12.4. The van der Waals surface area contributed by atoms with Gasteiger partial charge in [0, 0.05) is 6.92 Å². The molecule has 0 bridgehead atoms. The summed E-state index contributed by atoms with van der Waals surface area (Å²) in [5, 5.41) is 7.17. The van der Waals surface area contributed by atoms with Crippen molar-refractivity contribution in [2.75, 3.05) is 6.61 Å². The summed E-state index contributed by atoms with van der Waals surface area (Å²) >= 11 is 0. The van der Waals surface area contributed by atoms with E-state index in [1.165, 1.54) is 0 Å². The van der Waals surface area contributed by atoms with Gasteiger partial charge >= 0.3 is 0 Å². The first-order valence-electron chi connectivity index (χ1n) is 8.80. The molecule has 6 heteroatoms. The number of carbonyl (C=O) groups is 1. The molecule has 1 N–H and O–H groups in total. The molecule has 0 saturated heterocycles. The summed E-state index contributed by atoms with van der Waals surface area (Å²) in [4.78, 5) is 16.8. The molecule has 0 spiro atoms. The van der Waals surface area contributed by atoms with Crippen molar-refractivity contribution in [1.29, 1.82) is 0 Å². The van der Waals surface area contributed by atoms with Gasteiger partial charge in [-0.15, -0.1) is 0 Å². The third kappa shape index (κ3) is 4.00. The number of aryl methyl sites for hydroxylation is 3. The highest BCUT2D eigenvalue weighted by Gasteiger charge is 2.41. The molecule has 1 heterocycles. The second-order valence-electron chi connectivity index (χ2n) is 6.84. The second-order valence-corrected chi connectivity index (χ2v) is 6.84. The Kier molecular flexibility index (Phi) is 5.06. The highest BCUT2D eigenvalue weighted by atomic mass is 16.5. The van der Waals surface area contributed by atoms with Gasteiger partial charge in [0.2, 0.25) is 11.8 Å². The highest BCUT2D eigenvalue weighted by Crippen LogP contribution is 2.37. The van der Waals surface area contributed by atoms with Gasteiger partial charge in [-0.3, -0.25) is 4.79 Å². The number of carbonyl (C=O) groups excluding carboxylic acids is 1. The minimum Gasteiger partial charge on any atom is -0.493 e. The van der Waals surface area contributed by atoms with Crippen LogP contribution >= 0.6 is 0 Å². The average Bonchev–Trinajstić information content (AvgIpc) is 3.21. The molecule has 2 aromatic rings. The predicted octanol–water partition coefficient (Wildman–Crippen LogP) is 3.35. The van der Waals surface area contributed by atoms with E-state index in [-0.39, 0.29) is 5.91 Å².